The molecule has 0 bridgehead atoms. The summed E-state index contributed by atoms with van der Waals surface area (Å²) in [6.07, 6.45) is 1.64. The van der Waals surface area contributed by atoms with E-state index in [2.05, 4.69) is 77.6 Å². The van der Waals surface area contributed by atoms with Crippen molar-refractivity contribution < 1.29 is 4.68 Å². The van der Waals surface area contributed by atoms with Crippen LogP contribution in [0.4, 0.5) is 11.5 Å². The van der Waals surface area contributed by atoms with Gasteiger partial charge in [-0.1, -0.05) is 20.8 Å². The Labute approximate surface area is 147 Å². The van der Waals surface area contributed by atoms with Crippen LogP contribution in [0.5, 0.6) is 0 Å². The van der Waals surface area contributed by atoms with E-state index in [0.717, 1.165) is 12.2 Å². The second kappa shape index (κ2) is 6.06. The van der Waals surface area contributed by atoms with Crippen LogP contribution in [0.1, 0.15) is 26.5 Å². The number of aromatic nitrogens is 4. The second-order valence-corrected chi connectivity index (χ2v) is 7.63. The molecule has 0 saturated carbocycles. The average Bonchev–Trinajstić information content (AvgIpc) is 2.71. The summed E-state index contributed by atoms with van der Waals surface area (Å²) in [7, 11) is 2.11. The Hall–Kier alpha value is -2.14. The fourth-order valence-corrected chi connectivity index (χ4v) is 2.99. The Bertz CT molecular complexity index is 892. The number of halogens is 1. The predicted octanol–water partition coefficient (Wildman–Crippen LogP) is 4.01. The first kappa shape index (κ1) is 16.7. The highest BCUT2D eigenvalue weighted by atomic mass is 35.5. The highest BCUT2D eigenvalue weighted by Crippen LogP contribution is 2.24. The van der Waals surface area contributed by atoms with Crippen LogP contribution in [0.3, 0.4) is 0 Å². The van der Waals surface area contributed by atoms with E-state index in [9.17, 15) is 0 Å². The molecule has 2 aromatic heterocycles. The van der Waals surface area contributed by atoms with Gasteiger partial charge in [0, 0.05) is 23.4 Å². The number of nitrogens with zero attached hydrogens (tertiary/aromatic N) is 4. The Balaban J connectivity index is 2.05. The van der Waals surface area contributed by atoms with E-state index < -0.39 is 0 Å². The molecule has 6 heteroatoms. The number of nitrogens with one attached hydrogen (secondary N) is 1. The summed E-state index contributed by atoms with van der Waals surface area (Å²) >= 11 is 5.86. The maximum atomic E-state index is 5.86. The van der Waals surface area contributed by atoms with Gasteiger partial charge in [0.15, 0.2) is 6.54 Å². The van der Waals surface area contributed by atoms with E-state index in [1.807, 2.05) is 0 Å². The van der Waals surface area contributed by atoms with Gasteiger partial charge < -0.3 is 5.32 Å². The van der Waals surface area contributed by atoms with Gasteiger partial charge in [0.1, 0.15) is 5.82 Å². The molecular weight excluding hydrogens is 322 g/mol. The van der Waals surface area contributed by atoms with Crippen molar-refractivity contribution >= 4 is 34.0 Å². The third-order valence-electron chi connectivity index (χ3n) is 4.04. The molecule has 0 aliphatic heterocycles. The van der Waals surface area contributed by atoms with Crippen LogP contribution < -0.4 is 10.00 Å². The first-order valence-electron chi connectivity index (χ1n) is 7.99. The highest BCUT2D eigenvalue weighted by Gasteiger charge is 2.25. The molecule has 126 valence electrons. The second-order valence-electron chi connectivity index (χ2n) is 7.30. The number of rotatable bonds is 3. The third kappa shape index (κ3) is 3.36. The number of aryl methyl sites for hydroxylation is 1. The lowest BCUT2D eigenvalue weighted by atomic mass is 9.97. The Morgan fingerprint density at radius 1 is 1.25 bits per heavy atom. The zero-order chi connectivity index (χ0) is 17.5. The van der Waals surface area contributed by atoms with Crippen LogP contribution in [-0.2, 0) is 13.6 Å². The van der Waals surface area contributed by atoms with E-state index >= 15 is 0 Å². The van der Waals surface area contributed by atoms with Crippen molar-refractivity contribution in [2.45, 2.75) is 34.2 Å². The SMILES string of the molecule is Cc1c2ccc(Nc3ccnc(Cl)n3)cc2[n+](CC(C)(C)C)n1C. The molecule has 0 aliphatic carbocycles. The summed E-state index contributed by atoms with van der Waals surface area (Å²) in [6.45, 7) is 9.84. The summed E-state index contributed by atoms with van der Waals surface area (Å²) < 4.78 is 4.55. The normalized spacial score (nSPS) is 11.9. The quantitative estimate of drug-likeness (QED) is 0.577. The van der Waals surface area contributed by atoms with Crippen LogP contribution in [0.2, 0.25) is 5.28 Å². The molecule has 0 amide bonds. The first-order chi connectivity index (χ1) is 11.2. The van der Waals surface area contributed by atoms with Crippen LogP contribution in [0.25, 0.3) is 10.9 Å². The van der Waals surface area contributed by atoms with Gasteiger partial charge in [0.05, 0.1) is 18.1 Å². The highest BCUT2D eigenvalue weighted by molar-refractivity contribution is 6.28. The lowest BCUT2D eigenvalue weighted by Gasteiger charge is -2.14. The molecule has 5 nitrogen and oxygen atoms in total. The third-order valence-corrected chi connectivity index (χ3v) is 4.22. The van der Waals surface area contributed by atoms with Crippen molar-refractivity contribution in [3.8, 4) is 0 Å². The zero-order valence-corrected chi connectivity index (χ0v) is 15.5. The summed E-state index contributed by atoms with van der Waals surface area (Å²) in [5, 5.41) is 4.79. The van der Waals surface area contributed by atoms with E-state index in [1.54, 1.807) is 12.3 Å². The molecule has 3 aromatic rings. The molecule has 1 aromatic carbocycles. The lowest BCUT2D eigenvalue weighted by Crippen LogP contribution is -2.47. The average molecular weight is 345 g/mol. The van der Waals surface area contributed by atoms with E-state index in [-0.39, 0.29) is 10.7 Å². The minimum absolute atomic E-state index is 0.194. The fraction of sp³-hybridized carbons (Fsp3) is 0.389. The molecule has 1 N–H and O–H groups in total. The van der Waals surface area contributed by atoms with Crippen molar-refractivity contribution in [2.75, 3.05) is 5.32 Å². The molecule has 3 rings (SSSR count). The number of anilines is 2. The minimum atomic E-state index is 0.194. The van der Waals surface area contributed by atoms with E-state index in [0.29, 0.717) is 5.82 Å². The van der Waals surface area contributed by atoms with Crippen molar-refractivity contribution in [3.05, 3.63) is 41.4 Å². The molecule has 0 fully saturated rings. The zero-order valence-electron chi connectivity index (χ0n) is 14.8. The standard InChI is InChI=1S/C18H22ClN5/c1-12-14-7-6-13(21-16-8-9-20-17(19)22-16)10-15(14)24(23(12)5)11-18(2,3)4/h6-10H,11H2,1-5H3/p+1. The van der Waals surface area contributed by atoms with Gasteiger partial charge in [-0.25, -0.2) is 9.97 Å². The van der Waals surface area contributed by atoms with Gasteiger partial charge in [-0.2, -0.15) is 4.68 Å². The Morgan fingerprint density at radius 2 is 2.00 bits per heavy atom. The van der Waals surface area contributed by atoms with Crippen molar-refractivity contribution in [2.24, 2.45) is 12.5 Å². The minimum Gasteiger partial charge on any atom is -0.340 e. The summed E-state index contributed by atoms with van der Waals surface area (Å²) in [5.41, 5.74) is 3.63. The topological polar surface area (TPSA) is 46.6 Å². The van der Waals surface area contributed by atoms with Gasteiger partial charge in [-0.3, -0.25) is 0 Å². The molecule has 0 radical (unpaired) electrons. The Morgan fingerprint density at radius 3 is 2.67 bits per heavy atom. The predicted molar refractivity (Wildman–Crippen MR) is 97.6 cm³/mol. The van der Waals surface area contributed by atoms with Crippen molar-refractivity contribution in [1.82, 2.24) is 14.6 Å². The van der Waals surface area contributed by atoms with Gasteiger partial charge in [0.2, 0.25) is 10.8 Å². The molecule has 0 atom stereocenters. The maximum absolute atomic E-state index is 5.86. The van der Waals surface area contributed by atoms with Crippen LogP contribution in [0, 0.1) is 12.3 Å². The number of fused-ring (bicyclic) bond motifs is 1. The van der Waals surface area contributed by atoms with E-state index in [4.69, 9.17) is 11.6 Å². The summed E-state index contributed by atoms with van der Waals surface area (Å²) in [5.74, 6) is 0.685. The van der Waals surface area contributed by atoms with Crippen molar-refractivity contribution in [3.63, 3.8) is 0 Å². The first-order valence-corrected chi connectivity index (χ1v) is 8.37. The molecule has 0 saturated heterocycles. The van der Waals surface area contributed by atoms with Crippen LogP contribution >= 0.6 is 11.6 Å². The maximum Gasteiger partial charge on any atom is 0.240 e. The van der Waals surface area contributed by atoms with Gasteiger partial charge in [0.25, 0.3) is 0 Å². The smallest absolute Gasteiger partial charge is 0.240 e. The number of hydrogen-bond acceptors (Lipinski definition) is 3. The van der Waals surface area contributed by atoms with Gasteiger partial charge >= 0.3 is 0 Å². The molecule has 0 aliphatic rings. The van der Waals surface area contributed by atoms with Gasteiger partial charge in [-0.05, 0) is 36.7 Å². The van der Waals surface area contributed by atoms with Gasteiger partial charge in [-0.15, -0.1) is 4.68 Å². The van der Waals surface area contributed by atoms with Crippen LogP contribution in [-0.4, -0.2) is 14.6 Å². The monoisotopic (exact) mass is 344 g/mol. The largest absolute Gasteiger partial charge is 0.340 e. The van der Waals surface area contributed by atoms with E-state index in [1.165, 1.54) is 16.6 Å². The molecular formula is C18H23ClN5+. The fourth-order valence-electron chi connectivity index (χ4n) is 2.84. The molecule has 24 heavy (non-hydrogen) atoms. The number of benzene rings is 1. The van der Waals surface area contributed by atoms with Crippen LogP contribution in [0.15, 0.2) is 30.5 Å². The summed E-state index contributed by atoms with van der Waals surface area (Å²) in [4.78, 5) is 8.09. The summed E-state index contributed by atoms with van der Waals surface area (Å²) in [6, 6.07) is 8.17. The van der Waals surface area contributed by atoms with Crippen molar-refractivity contribution in [1.29, 1.82) is 0 Å². The number of hydrogen-bond donors (Lipinski definition) is 1. The molecule has 2 heterocycles. The molecule has 0 unspecified atom stereocenters. The molecule has 0 spiro atoms. The lowest BCUT2D eigenvalue weighted by molar-refractivity contribution is -0.761. The Kier molecular flexibility index (Phi) is 4.22.